The fourth-order valence-electron chi connectivity index (χ4n) is 1.59. The second kappa shape index (κ2) is 6.71. The van der Waals surface area contributed by atoms with Crippen LogP contribution in [-0.4, -0.2) is 33.8 Å². The van der Waals surface area contributed by atoms with Gasteiger partial charge < -0.3 is 25.1 Å². The number of aliphatic hydroxyl groups is 1. The zero-order valence-corrected chi connectivity index (χ0v) is 11.7. The number of aliphatic hydroxyl groups excluding tert-OH is 1. The number of nitrogens with zero attached hydrogens (tertiary/aromatic N) is 3. The Morgan fingerprint density at radius 2 is 1.90 bits per heavy atom. The lowest BCUT2D eigenvalue weighted by Crippen LogP contribution is -2.05. The molecule has 0 radical (unpaired) electrons. The van der Waals surface area contributed by atoms with Crippen molar-refractivity contribution in [3.8, 4) is 23.5 Å². The van der Waals surface area contributed by atoms with Gasteiger partial charge in [-0.1, -0.05) is 6.07 Å². The Morgan fingerprint density at radius 3 is 2.57 bits per heavy atom. The zero-order valence-electron chi connectivity index (χ0n) is 11.7. The summed E-state index contributed by atoms with van der Waals surface area (Å²) in [6.07, 6.45) is 0. The molecule has 0 atom stereocenters. The molecular weight excluding hydrogens is 276 g/mol. The van der Waals surface area contributed by atoms with Crippen molar-refractivity contribution >= 4 is 5.95 Å². The predicted octanol–water partition coefficient (Wildman–Crippen LogP) is 1.15. The molecule has 3 N–H and O–H groups in total. The molecule has 0 fully saturated rings. The molecule has 0 unspecified atom stereocenters. The first-order valence-corrected chi connectivity index (χ1v) is 6.26. The largest absolute Gasteiger partial charge is 0.493 e. The van der Waals surface area contributed by atoms with E-state index in [-0.39, 0.29) is 24.6 Å². The molecule has 8 heteroatoms. The number of nitrogens with two attached hydrogens (primary N) is 1. The van der Waals surface area contributed by atoms with Crippen LogP contribution in [0, 0.1) is 0 Å². The highest BCUT2D eigenvalue weighted by molar-refractivity contribution is 5.44. The number of aromatic nitrogens is 3. The zero-order chi connectivity index (χ0) is 15.2. The van der Waals surface area contributed by atoms with Gasteiger partial charge in [0.05, 0.1) is 20.3 Å². The summed E-state index contributed by atoms with van der Waals surface area (Å²) >= 11 is 0. The van der Waals surface area contributed by atoms with Crippen LogP contribution >= 0.6 is 0 Å². The van der Waals surface area contributed by atoms with E-state index in [0.717, 1.165) is 0 Å². The van der Waals surface area contributed by atoms with E-state index in [1.54, 1.807) is 25.1 Å². The van der Waals surface area contributed by atoms with Crippen molar-refractivity contribution in [1.29, 1.82) is 0 Å². The van der Waals surface area contributed by atoms with Gasteiger partial charge in [-0.2, -0.15) is 9.97 Å². The van der Waals surface area contributed by atoms with Crippen LogP contribution in [0.2, 0.25) is 0 Å². The van der Waals surface area contributed by atoms with Gasteiger partial charge in [0.1, 0.15) is 0 Å². The minimum absolute atomic E-state index is 0.000925. The maximum atomic E-state index is 9.11. The normalized spacial score (nSPS) is 10.2. The number of benzene rings is 1. The van der Waals surface area contributed by atoms with Gasteiger partial charge in [-0.25, -0.2) is 0 Å². The number of hydrogen-bond acceptors (Lipinski definition) is 8. The molecule has 0 bridgehead atoms. The van der Waals surface area contributed by atoms with Crippen molar-refractivity contribution in [3.05, 3.63) is 23.8 Å². The van der Waals surface area contributed by atoms with E-state index in [1.165, 1.54) is 7.11 Å². The van der Waals surface area contributed by atoms with Gasteiger partial charge in [0.2, 0.25) is 5.95 Å². The van der Waals surface area contributed by atoms with E-state index >= 15 is 0 Å². The van der Waals surface area contributed by atoms with Crippen LogP contribution in [0.25, 0.3) is 0 Å². The lowest BCUT2D eigenvalue weighted by molar-refractivity contribution is 0.280. The number of rotatable bonds is 6. The quantitative estimate of drug-likeness (QED) is 0.815. The summed E-state index contributed by atoms with van der Waals surface area (Å²) in [5.41, 5.74) is 6.27. The van der Waals surface area contributed by atoms with Crippen LogP contribution in [0.1, 0.15) is 12.5 Å². The molecule has 112 valence electrons. The highest BCUT2D eigenvalue weighted by Gasteiger charge is 2.11. The summed E-state index contributed by atoms with van der Waals surface area (Å²) < 4.78 is 15.9. The molecule has 0 saturated carbocycles. The van der Waals surface area contributed by atoms with Gasteiger partial charge in [-0.05, 0) is 24.6 Å². The first-order chi connectivity index (χ1) is 10.2. The number of anilines is 1. The minimum Gasteiger partial charge on any atom is -0.493 e. The average molecular weight is 292 g/mol. The third kappa shape index (κ3) is 3.69. The third-order valence-corrected chi connectivity index (χ3v) is 2.50. The second-order valence-corrected chi connectivity index (χ2v) is 3.94. The average Bonchev–Trinajstić information content (AvgIpc) is 2.47. The Hall–Kier alpha value is -2.61. The van der Waals surface area contributed by atoms with Crippen molar-refractivity contribution in [2.24, 2.45) is 0 Å². The lowest BCUT2D eigenvalue weighted by Gasteiger charge is -2.10. The Bertz CT molecular complexity index is 621. The molecule has 2 rings (SSSR count). The van der Waals surface area contributed by atoms with Crippen LogP contribution < -0.4 is 19.9 Å². The summed E-state index contributed by atoms with van der Waals surface area (Å²) in [7, 11) is 1.50. The van der Waals surface area contributed by atoms with Crippen LogP contribution in [0.3, 0.4) is 0 Å². The summed E-state index contributed by atoms with van der Waals surface area (Å²) in [6.45, 7) is 2.11. The van der Waals surface area contributed by atoms with Crippen molar-refractivity contribution in [1.82, 2.24) is 15.0 Å². The molecule has 1 aromatic carbocycles. The first-order valence-electron chi connectivity index (χ1n) is 6.26. The highest BCUT2D eigenvalue weighted by atomic mass is 16.5. The van der Waals surface area contributed by atoms with Crippen LogP contribution in [0.15, 0.2) is 18.2 Å². The lowest BCUT2D eigenvalue weighted by atomic mass is 10.2. The number of methoxy groups -OCH3 is 1. The molecule has 1 aromatic heterocycles. The molecule has 0 spiro atoms. The summed E-state index contributed by atoms with van der Waals surface area (Å²) in [5.74, 6) is 0.829. The van der Waals surface area contributed by atoms with Gasteiger partial charge in [0.25, 0.3) is 0 Å². The van der Waals surface area contributed by atoms with Gasteiger partial charge in [-0.15, -0.1) is 4.98 Å². The molecule has 0 aliphatic heterocycles. The molecule has 8 nitrogen and oxygen atoms in total. The minimum atomic E-state index is -0.0934. The standard InChI is InChI=1S/C13H16N4O4/c1-3-20-12-15-11(14)16-13(17-12)21-9-5-4-8(7-18)6-10(9)19-2/h4-6,18H,3,7H2,1-2H3,(H2,14,15,16,17). The molecule has 21 heavy (non-hydrogen) atoms. The summed E-state index contributed by atoms with van der Waals surface area (Å²) in [4.78, 5) is 11.7. The van der Waals surface area contributed by atoms with Crippen molar-refractivity contribution in [2.45, 2.75) is 13.5 Å². The van der Waals surface area contributed by atoms with E-state index < -0.39 is 0 Å². The van der Waals surface area contributed by atoms with E-state index in [4.69, 9.17) is 25.1 Å². The molecule has 0 aliphatic carbocycles. The topological polar surface area (TPSA) is 113 Å². The maximum absolute atomic E-state index is 9.11. The van der Waals surface area contributed by atoms with Crippen molar-refractivity contribution in [3.63, 3.8) is 0 Å². The van der Waals surface area contributed by atoms with Gasteiger partial charge >= 0.3 is 12.0 Å². The second-order valence-electron chi connectivity index (χ2n) is 3.94. The van der Waals surface area contributed by atoms with Crippen molar-refractivity contribution in [2.75, 3.05) is 19.5 Å². The SMILES string of the molecule is CCOc1nc(N)nc(Oc2ccc(CO)cc2OC)n1. The number of ether oxygens (including phenoxy) is 3. The maximum Gasteiger partial charge on any atom is 0.330 e. The highest BCUT2D eigenvalue weighted by Crippen LogP contribution is 2.31. The molecule has 0 aliphatic rings. The van der Waals surface area contributed by atoms with Gasteiger partial charge in [-0.3, -0.25) is 0 Å². The predicted molar refractivity (Wildman–Crippen MR) is 74.4 cm³/mol. The van der Waals surface area contributed by atoms with Gasteiger partial charge in [0.15, 0.2) is 11.5 Å². The molecule has 0 saturated heterocycles. The Balaban J connectivity index is 2.29. The molecule has 0 amide bonds. The Morgan fingerprint density at radius 1 is 1.14 bits per heavy atom. The number of nitrogen functional groups attached to an aromatic ring is 1. The van der Waals surface area contributed by atoms with Crippen LogP contribution in [0.5, 0.6) is 23.5 Å². The first kappa shape index (κ1) is 14.8. The van der Waals surface area contributed by atoms with Crippen molar-refractivity contribution < 1.29 is 19.3 Å². The molecule has 1 heterocycles. The number of hydrogen-bond donors (Lipinski definition) is 2. The molecular formula is C13H16N4O4. The fraction of sp³-hybridized carbons (Fsp3) is 0.308. The Labute approximate surface area is 121 Å². The fourth-order valence-corrected chi connectivity index (χ4v) is 1.59. The van der Waals surface area contributed by atoms with Crippen LogP contribution in [-0.2, 0) is 6.61 Å². The van der Waals surface area contributed by atoms with E-state index in [2.05, 4.69) is 15.0 Å². The monoisotopic (exact) mass is 292 g/mol. The summed E-state index contributed by atoms with van der Waals surface area (Å²) in [5, 5.41) is 9.11. The Kier molecular flexibility index (Phi) is 4.72. The third-order valence-electron chi connectivity index (χ3n) is 2.50. The molecule has 2 aromatic rings. The van der Waals surface area contributed by atoms with E-state index in [0.29, 0.717) is 23.7 Å². The van der Waals surface area contributed by atoms with E-state index in [9.17, 15) is 0 Å². The smallest absolute Gasteiger partial charge is 0.330 e. The summed E-state index contributed by atoms with van der Waals surface area (Å²) in [6, 6.07) is 5.09. The van der Waals surface area contributed by atoms with E-state index in [1.807, 2.05) is 0 Å². The van der Waals surface area contributed by atoms with Gasteiger partial charge in [0, 0.05) is 0 Å². The van der Waals surface area contributed by atoms with Crippen LogP contribution in [0.4, 0.5) is 5.95 Å².